The molecule has 0 N–H and O–H groups in total. The van der Waals surface area contributed by atoms with Gasteiger partial charge in [0, 0.05) is 50.8 Å². The molecule has 0 heterocycles. The second-order valence-electron chi connectivity index (χ2n) is 22.1. The minimum atomic E-state index is -0.883. The van der Waals surface area contributed by atoms with Gasteiger partial charge in [0.1, 0.15) is 12.3 Å². The SMILES string of the molecule is C=CC(=O)OCCCCCCOC1CCC(C(=O)OC2CCC(OCCCCCCOC3CCC4CC(C#CC5CCC(OCCCCCC)C(F)C5)CCC4C3)C(C(=O)OCCCCCCC)C2)CC1. The molecule has 0 aliphatic heterocycles. The lowest BCUT2D eigenvalue weighted by Gasteiger charge is -2.41. The zero-order valence-electron chi connectivity index (χ0n) is 44.8. The molecule has 0 amide bonds. The molecule has 10 unspecified atom stereocenters. The van der Waals surface area contributed by atoms with E-state index in [9.17, 15) is 18.8 Å². The van der Waals surface area contributed by atoms with E-state index in [1.54, 1.807) is 0 Å². The van der Waals surface area contributed by atoms with Crippen molar-refractivity contribution < 1.29 is 51.9 Å². The Balaban J connectivity index is 0.916. The van der Waals surface area contributed by atoms with E-state index in [-0.39, 0.29) is 54.2 Å². The summed E-state index contributed by atoms with van der Waals surface area (Å²) in [5, 5.41) is 0. The molecule has 11 heteroatoms. The third kappa shape index (κ3) is 23.3. The van der Waals surface area contributed by atoms with Gasteiger partial charge in [0.25, 0.3) is 0 Å². The highest BCUT2D eigenvalue weighted by Crippen LogP contribution is 2.44. The summed E-state index contributed by atoms with van der Waals surface area (Å²) in [4.78, 5) is 38.1. The molecule has 0 spiro atoms. The van der Waals surface area contributed by atoms with Crippen molar-refractivity contribution in [3.63, 3.8) is 0 Å². The number of unbranched alkanes of at least 4 members (excludes halogenated alkanes) is 13. The van der Waals surface area contributed by atoms with Gasteiger partial charge < -0.3 is 33.2 Å². The Morgan fingerprint density at radius 3 is 1.62 bits per heavy atom. The zero-order valence-corrected chi connectivity index (χ0v) is 44.8. The van der Waals surface area contributed by atoms with Crippen LogP contribution in [0.15, 0.2) is 12.7 Å². The van der Waals surface area contributed by atoms with Crippen molar-refractivity contribution in [2.24, 2.45) is 35.5 Å². The number of hydrogen-bond acceptors (Lipinski definition) is 10. The monoisotopic (exact) mass is 999 g/mol. The molecule has 5 aliphatic carbocycles. The van der Waals surface area contributed by atoms with Gasteiger partial charge in [-0.3, -0.25) is 9.59 Å². The van der Waals surface area contributed by atoms with E-state index in [4.69, 9.17) is 33.2 Å². The molecule has 0 aromatic rings. The van der Waals surface area contributed by atoms with Gasteiger partial charge in [-0.25, -0.2) is 9.18 Å². The van der Waals surface area contributed by atoms with Crippen molar-refractivity contribution >= 4 is 17.9 Å². The first kappa shape index (κ1) is 59.4. The summed E-state index contributed by atoms with van der Waals surface area (Å²) in [6.07, 6.45) is 32.6. The zero-order chi connectivity index (χ0) is 50.3. The van der Waals surface area contributed by atoms with E-state index in [1.165, 1.54) is 63.9 Å². The minimum absolute atomic E-state index is 0.131. The number of rotatable bonds is 33. The van der Waals surface area contributed by atoms with Gasteiger partial charge in [-0.05, 0) is 153 Å². The normalized spacial score (nSPS) is 29.8. The largest absolute Gasteiger partial charge is 0.465 e. The molecule has 0 bridgehead atoms. The molecule has 406 valence electrons. The van der Waals surface area contributed by atoms with Crippen molar-refractivity contribution in [3.05, 3.63) is 12.7 Å². The lowest BCUT2D eigenvalue weighted by molar-refractivity contribution is -0.170. The fourth-order valence-corrected chi connectivity index (χ4v) is 12.0. The molecule has 0 aromatic heterocycles. The predicted octanol–water partition coefficient (Wildman–Crippen LogP) is 13.7. The Bertz CT molecular complexity index is 1540. The highest BCUT2D eigenvalue weighted by atomic mass is 19.1. The van der Waals surface area contributed by atoms with E-state index >= 15 is 0 Å². The van der Waals surface area contributed by atoms with Gasteiger partial charge >= 0.3 is 17.9 Å². The number of halogens is 1. The molecule has 5 rings (SSSR count). The molecule has 0 radical (unpaired) electrons. The van der Waals surface area contributed by atoms with Crippen LogP contribution in [0.2, 0.25) is 0 Å². The second kappa shape index (κ2) is 35.6. The van der Waals surface area contributed by atoms with Gasteiger partial charge in [0.15, 0.2) is 0 Å². The van der Waals surface area contributed by atoms with Crippen LogP contribution in [-0.4, -0.2) is 94.2 Å². The summed E-state index contributed by atoms with van der Waals surface area (Å²) >= 11 is 0. The van der Waals surface area contributed by atoms with E-state index < -0.39 is 12.1 Å². The third-order valence-corrected chi connectivity index (χ3v) is 16.5. The Morgan fingerprint density at radius 2 is 0.972 bits per heavy atom. The summed E-state index contributed by atoms with van der Waals surface area (Å²) in [5.74, 6) is 7.98. The number of fused-ring (bicyclic) bond motifs is 1. The lowest BCUT2D eigenvalue weighted by Crippen LogP contribution is -2.42. The average molecular weight is 999 g/mol. The first-order valence-electron chi connectivity index (χ1n) is 29.5. The van der Waals surface area contributed by atoms with Crippen LogP contribution in [0.3, 0.4) is 0 Å². The van der Waals surface area contributed by atoms with Crippen molar-refractivity contribution in [2.45, 2.75) is 262 Å². The van der Waals surface area contributed by atoms with Crippen molar-refractivity contribution in [3.8, 4) is 11.8 Å². The molecule has 5 saturated carbocycles. The quantitative estimate of drug-likeness (QED) is 0.0207. The van der Waals surface area contributed by atoms with Crippen LogP contribution in [-0.2, 0) is 47.5 Å². The molecule has 5 fully saturated rings. The number of alkyl halides is 1. The molecule has 71 heavy (non-hydrogen) atoms. The van der Waals surface area contributed by atoms with Gasteiger partial charge in [-0.1, -0.05) is 96.5 Å². The van der Waals surface area contributed by atoms with Crippen LogP contribution in [0.5, 0.6) is 0 Å². The van der Waals surface area contributed by atoms with E-state index in [1.807, 2.05) is 0 Å². The summed E-state index contributed by atoms with van der Waals surface area (Å²) < 4.78 is 56.9. The van der Waals surface area contributed by atoms with Crippen molar-refractivity contribution in [1.82, 2.24) is 0 Å². The maximum atomic E-state index is 14.9. The Kier molecular flexibility index (Phi) is 29.8. The number of carbonyl (C=O) groups excluding carboxylic acids is 3. The van der Waals surface area contributed by atoms with Gasteiger partial charge in [0.05, 0.1) is 49.5 Å². The summed E-state index contributed by atoms with van der Waals surface area (Å²) in [6, 6.07) is 0. The van der Waals surface area contributed by atoms with E-state index in [0.29, 0.717) is 70.7 Å². The topological polar surface area (TPSA) is 116 Å². The first-order chi connectivity index (χ1) is 34.8. The molecule has 10 atom stereocenters. The maximum absolute atomic E-state index is 14.9. The fraction of sp³-hybridized carbons (Fsp3) is 0.883. The highest BCUT2D eigenvalue weighted by Gasteiger charge is 2.40. The van der Waals surface area contributed by atoms with Crippen LogP contribution < -0.4 is 0 Å². The molecule has 10 nitrogen and oxygen atoms in total. The molecule has 0 aromatic carbocycles. The fourth-order valence-electron chi connectivity index (χ4n) is 12.0. The van der Waals surface area contributed by atoms with E-state index in [2.05, 4.69) is 32.3 Å². The third-order valence-electron chi connectivity index (χ3n) is 16.5. The summed E-state index contributed by atoms with van der Waals surface area (Å²) in [5.41, 5.74) is 0. The summed E-state index contributed by atoms with van der Waals surface area (Å²) in [6.45, 7) is 11.5. The Hall–Kier alpha value is -2.52. The van der Waals surface area contributed by atoms with Crippen molar-refractivity contribution in [2.75, 3.05) is 39.6 Å². The van der Waals surface area contributed by atoms with Crippen LogP contribution in [0.1, 0.15) is 226 Å². The maximum Gasteiger partial charge on any atom is 0.330 e. The number of hydrogen-bond donors (Lipinski definition) is 0. The highest BCUT2D eigenvalue weighted by molar-refractivity contribution is 5.81. The number of esters is 3. The van der Waals surface area contributed by atoms with Crippen LogP contribution in [0, 0.1) is 47.3 Å². The van der Waals surface area contributed by atoms with Crippen LogP contribution >= 0.6 is 0 Å². The van der Waals surface area contributed by atoms with Gasteiger partial charge in [-0.15, -0.1) is 0 Å². The first-order valence-corrected chi connectivity index (χ1v) is 29.5. The smallest absolute Gasteiger partial charge is 0.330 e. The van der Waals surface area contributed by atoms with Crippen LogP contribution in [0.25, 0.3) is 0 Å². The van der Waals surface area contributed by atoms with Gasteiger partial charge in [-0.2, -0.15) is 0 Å². The van der Waals surface area contributed by atoms with E-state index in [0.717, 1.165) is 147 Å². The summed E-state index contributed by atoms with van der Waals surface area (Å²) in [7, 11) is 0. The number of carbonyl (C=O) groups is 3. The lowest BCUT2D eigenvalue weighted by atomic mass is 9.67. The Labute approximate surface area is 430 Å². The van der Waals surface area contributed by atoms with Gasteiger partial charge in [0.2, 0.25) is 0 Å². The predicted molar refractivity (Wildman–Crippen MR) is 278 cm³/mol. The second-order valence-corrected chi connectivity index (χ2v) is 22.1. The average Bonchev–Trinajstić information content (AvgIpc) is 3.38. The van der Waals surface area contributed by atoms with Crippen LogP contribution in [0.4, 0.5) is 4.39 Å². The molecular weight excluding hydrogens is 900 g/mol. The molecule has 0 saturated heterocycles. The Morgan fingerprint density at radius 1 is 0.479 bits per heavy atom. The minimum Gasteiger partial charge on any atom is -0.465 e. The molecule has 5 aliphatic rings. The van der Waals surface area contributed by atoms with Crippen molar-refractivity contribution in [1.29, 1.82) is 0 Å². The molecular formula is C60H99FO10. The standard InChI is InChI=1S/C60H99FO10/c1-4-7-9-11-21-41-70-60(64)54-45-53(71-59(63)48-27-30-51(31-28-48)65-36-17-13-15-20-40-69-58(62)6-3)33-35-56(54)67-38-19-14-12-18-37-66-52-32-29-49-42-46(24-26-50(49)44-52)22-23-47-25-34-57(55(61)43-47)68-39-16-10-8-5-2/h6,46-57H,3-5,7-21,24-45H2,1-2H3. The number of ether oxygens (including phenoxy) is 7.